The maximum Gasteiger partial charge on any atom is 0.387 e. The van der Waals surface area contributed by atoms with Crippen LogP contribution in [-0.4, -0.2) is 42.8 Å². The molecule has 3 rings (SSSR count). The van der Waals surface area contributed by atoms with E-state index in [2.05, 4.69) is 30.7 Å². The van der Waals surface area contributed by atoms with Crippen molar-refractivity contribution in [3.05, 3.63) is 29.8 Å². The third-order valence-corrected chi connectivity index (χ3v) is 5.30. The molecule has 1 aromatic rings. The molecule has 2 aliphatic rings. The topological polar surface area (TPSA) is 51.1 Å². The lowest BCUT2D eigenvalue weighted by Crippen LogP contribution is -2.39. The molecule has 1 saturated carbocycles. The largest absolute Gasteiger partial charge is 0.435 e. The molecule has 1 aliphatic carbocycles. The van der Waals surface area contributed by atoms with Gasteiger partial charge in [0.15, 0.2) is 6.61 Å². The molecule has 0 radical (unpaired) electrons. The van der Waals surface area contributed by atoms with Crippen molar-refractivity contribution in [3.63, 3.8) is 0 Å². The van der Waals surface area contributed by atoms with Crippen molar-refractivity contribution >= 4 is 12.1 Å². The van der Waals surface area contributed by atoms with Gasteiger partial charge in [-0.15, -0.1) is 0 Å². The van der Waals surface area contributed by atoms with Crippen molar-refractivity contribution < 1.29 is 23.1 Å². The van der Waals surface area contributed by atoms with Crippen molar-refractivity contribution in [2.75, 3.05) is 13.2 Å². The van der Waals surface area contributed by atoms with Gasteiger partial charge >= 0.3 is 6.61 Å². The van der Waals surface area contributed by atoms with Crippen molar-refractivity contribution in [3.8, 4) is 5.75 Å². The van der Waals surface area contributed by atoms with Crippen LogP contribution >= 0.6 is 0 Å². The Kier molecular flexibility index (Phi) is 5.40. The van der Waals surface area contributed by atoms with E-state index in [1.807, 2.05) is 4.90 Å². The van der Waals surface area contributed by atoms with Gasteiger partial charge in [0.05, 0.1) is 6.21 Å². The molecular weight excluding hydrogens is 354 g/mol. The molecule has 1 amide bonds. The van der Waals surface area contributed by atoms with E-state index in [0.717, 1.165) is 25.8 Å². The van der Waals surface area contributed by atoms with Crippen LogP contribution in [0.3, 0.4) is 0 Å². The number of halogens is 2. The Bertz CT molecular complexity index is 706. The fourth-order valence-corrected chi connectivity index (χ4v) is 4.76. The number of fused-ring (bicyclic) bond motifs is 2. The SMILES string of the molecule is CC1(C)CC2CC(C)(CN2C(=O)CON=Cc2ccc(OC(F)F)cc2)C1. The lowest BCUT2D eigenvalue weighted by Gasteiger charge is -2.39. The fraction of sp³-hybridized carbons (Fsp3) is 0.600. The first-order valence-electron chi connectivity index (χ1n) is 9.16. The number of benzene rings is 1. The van der Waals surface area contributed by atoms with E-state index < -0.39 is 6.61 Å². The minimum absolute atomic E-state index is 0.0424. The minimum atomic E-state index is -2.85. The lowest BCUT2D eigenvalue weighted by molar-refractivity contribution is -0.137. The highest BCUT2D eigenvalue weighted by Gasteiger charge is 2.50. The monoisotopic (exact) mass is 380 g/mol. The zero-order chi connectivity index (χ0) is 19.7. The summed E-state index contributed by atoms with van der Waals surface area (Å²) in [5, 5.41) is 3.81. The molecule has 1 heterocycles. The number of carbonyl (C=O) groups excluding carboxylic acids is 1. The summed E-state index contributed by atoms with van der Waals surface area (Å²) in [5.41, 5.74) is 1.11. The third kappa shape index (κ3) is 4.96. The normalized spacial score (nSPS) is 26.6. The molecule has 0 spiro atoms. The number of carbonyl (C=O) groups is 1. The van der Waals surface area contributed by atoms with Crippen molar-refractivity contribution in [1.82, 2.24) is 4.90 Å². The van der Waals surface area contributed by atoms with Gasteiger partial charge in [0, 0.05) is 12.6 Å². The molecule has 1 aromatic carbocycles. The zero-order valence-corrected chi connectivity index (χ0v) is 16.0. The Morgan fingerprint density at radius 3 is 2.67 bits per heavy atom. The number of hydrogen-bond acceptors (Lipinski definition) is 4. The first-order chi connectivity index (χ1) is 12.7. The van der Waals surface area contributed by atoms with Gasteiger partial charge in [-0.2, -0.15) is 8.78 Å². The first kappa shape index (κ1) is 19.6. The van der Waals surface area contributed by atoms with Gasteiger partial charge < -0.3 is 14.5 Å². The van der Waals surface area contributed by atoms with Crippen LogP contribution < -0.4 is 4.74 Å². The molecule has 2 bridgehead atoms. The van der Waals surface area contributed by atoms with Gasteiger partial charge in [-0.1, -0.05) is 25.9 Å². The molecule has 0 aromatic heterocycles. The van der Waals surface area contributed by atoms with E-state index in [9.17, 15) is 13.6 Å². The molecule has 1 aliphatic heterocycles. The van der Waals surface area contributed by atoms with E-state index >= 15 is 0 Å². The summed E-state index contributed by atoms with van der Waals surface area (Å²) in [4.78, 5) is 19.7. The van der Waals surface area contributed by atoms with Gasteiger partial charge in [-0.25, -0.2) is 0 Å². The van der Waals surface area contributed by atoms with Gasteiger partial charge in [0.25, 0.3) is 5.91 Å². The molecule has 2 fully saturated rings. The summed E-state index contributed by atoms with van der Waals surface area (Å²) in [6.07, 6.45) is 4.64. The molecule has 7 heteroatoms. The molecule has 2 unspecified atom stereocenters. The van der Waals surface area contributed by atoms with Crippen LogP contribution in [0.5, 0.6) is 5.75 Å². The summed E-state index contributed by atoms with van der Waals surface area (Å²) >= 11 is 0. The number of amides is 1. The molecule has 1 saturated heterocycles. The van der Waals surface area contributed by atoms with E-state index in [-0.39, 0.29) is 35.1 Å². The number of ether oxygens (including phenoxy) is 1. The van der Waals surface area contributed by atoms with Crippen LogP contribution in [0.15, 0.2) is 29.4 Å². The smallest absolute Gasteiger partial charge is 0.387 e. The number of likely N-dealkylation sites (tertiary alicyclic amines) is 1. The van der Waals surface area contributed by atoms with Crippen LogP contribution in [0.4, 0.5) is 8.78 Å². The van der Waals surface area contributed by atoms with E-state index in [0.29, 0.717) is 5.56 Å². The van der Waals surface area contributed by atoms with Gasteiger partial charge in [0.1, 0.15) is 5.75 Å². The van der Waals surface area contributed by atoms with Crippen LogP contribution in [0, 0.1) is 10.8 Å². The third-order valence-electron chi connectivity index (χ3n) is 5.30. The van der Waals surface area contributed by atoms with Crippen LogP contribution in [0.25, 0.3) is 0 Å². The van der Waals surface area contributed by atoms with E-state index in [4.69, 9.17) is 4.84 Å². The Labute approximate surface area is 158 Å². The number of nitrogens with zero attached hydrogens (tertiary/aromatic N) is 2. The van der Waals surface area contributed by atoms with Crippen LogP contribution in [-0.2, 0) is 9.63 Å². The first-order valence-corrected chi connectivity index (χ1v) is 9.16. The molecule has 27 heavy (non-hydrogen) atoms. The molecule has 0 N–H and O–H groups in total. The highest BCUT2D eigenvalue weighted by Crippen LogP contribution is 2.52. The predicted molar refractivity (Wildman–Crippen MR) is 97.9 cm³/mol. The van der Waals surface area contributed by atoms with Crippen molar-refractivity contribution in [2.24, 2.45) is 16.0 Å². The lowest BCUT2D eigenvalue weighted by atomic mass is 9.65. The Balaban J connectivity index is 1.49. The zero-order valence-electron chi connectivity index (χ0n) is 16.0. The van der Waals surface area contributed by atoms with Crippen molar-refractivity contribution in [2.45, 2.75) is 52.7 Å². The Hall–Kier alpha value is -2.18. The second kappa shape index (κ2) is 7.44. The Morgan fingerprint density at radius 1 is 1.30 bits per heavy atom. The van der Waals surface area contributed by atoms with Gasteiger partial charge in [0.2, 0.25) is 0 Å². The predicted octanol–water partition coefficient (Wildman–Crippen LogP) is 4.07. The van der Waals surface area contributed by atoms with Gasteiger partial charge in [-0.05, 0) is 59.9 Å². The summed E-state index contributed by atoms with van der Waals surface area (Å²) in [6.45, 7) is 4.62. The maximum absolute atomic E-state index is 12.5. The summed E-state index contributed by atoms with van der Waals surface area (Å²) in [6, 6.07) is 6.29. The number of rotatable bonds is 6. The average molecular weight is 380 g/mol. The molecule has 5 nitrogen and oxygen atoms in total. The summed E-state index contributed by atoms with van der Waals surface area (Å²) in [7, 11) is 0. The average Bonchev–Trinajstić information content (AvgIpc) is 2.81. The number of alkyl halides is 2. The van der Waals surface area contributed by atoms with Crippen molar-refractivity contribution in [1.29, 1.82) is 0 Å². The Morgan fingerprint density at radius 2 is 2.00 bits per heavy atom. The highest BCUT2D eigenvalue weighted by molar-refractivity contribution is 5.80. The molecule has 148 valence electrons. The highest BCUT2D eigenvalue weighted by atomic mass is 19.3. The maximum atomic E-state index is 12.5. The minimum Gasteiger partial charge on any atom is -0.435 e. The quantitative estimate of drug-likeness (QED) is 0.552. The van der Waals surface area contributed by atoms with Crippen LogP contribution in [0.1, 0.15) is 45.6 Å². The van der Waals surface area contributed by atoms with Gasteiger partial charge in [-0.3, -0.25) is 4.79 Å². The van der Waals surface area contributed by atoms with E-state index in [1.165, 1.54) is 18.3 Å². The standard InChI is InChI=1S/C20H26F2N2O3/c1-19(2)8-15-9-20(3,12-19)13-24(15)17(25)11-26-23-10-14-4-6-16(7-5-14)27-18(21)22/h4-7,10,15,18H,8-9,11-13H2,1-3H3. The molecule has 2 atom stereocenters. The number of oxime groups is 1. The summed E-state index contributed by atoms with van der Waals surface area (Å²) in [5.74, 6) is 0.0362. The second-order valence-electron chi connectivity index (χ2n) is 8.69. The fourth-order valence-electron chi connectivity index (χ4n) is 4.76. The summed E-state index contributed by atoms with van der Waals surface area (Å²) < 4.78 is 28.5. The van der Waals surface area contributed by atoms with E-state index in [1.54, 1.807) is 12.1 Å². The number of hydrogen-bond donors (Lipinski definition) is 0. The second-order valence-corrected chi connectivity index (χ2v) is 8.69. The van der Waals surface area contributed by atoms with Crippen LogP contribution in [0.2, 0.25) is 0 Å². The molecular formula is C20H26F2N2O3.